The van der Waals surface area contributed by atoms with Crippen LogP contribution in [0.25, 0.3) is 11.1 Å². The van der Waals surface area contributed by atoms with E-state index >= 15 is 0 Å². The predicted molar refractivity (Wildman–Crippen MR) is 77.8 cm³/mol. The van der Waals surface area contributed by atoms with E-state index in [-0.39, 0.29) is 19.0 Å². The van der Waals surface area contributed by atoms with Crippen molar-refractivity contribution in [3.8, 4) is 11.1 Å². The lowest BCUT2D eigenvalue weighted by molar-refractivity contribution is 0.105. The predicted octanol–water partition coefficient (Wildman–Crippen LogP) is 1.84. The highest BCUT2D eigenvalue weighted by Gasteiger charge is 2.08. The first-order valence-electron chi connectivity index (χ1n) is 6.28. The third-order valence-corrected chi connectivity index (χ3v) is 2.92. The van der Waals surface area contributed by atoms with Gasteiger partial charge in [0, 0.05) is 23.5 Å². The highest BCUT2D eigenvalue weighted by atomic mass is 19.1. The molecule has 106 valence electrons. The van der Waals surface area contributed by atoms with E-state index in [9.17, 15) is 9.50 Å². The summed E-state index contributed by atoms with van der Waals surface area (Å²) in [5.74, 6) is -0.328. The van der Waals surface area contributed by atoms with Crippen LogP contribution in [0.15, 0.2) is 42.5 Å². The SMILES string of the molecule is Nc1ccc(NCC(O)CO)c(-c2cccc(F)c2)c1. The summed E-state index contributed by atoms with van der Waals surface area (Å²) >= 11 is 0. The van der Waals surface area contributed by atoms with Crippen LogP contribution >= 0.6 is 0 Å². The number of hydrogen-bond donors (Lipinski definition) is 4. The number of rotatable bonds is 5. The molecule has 4 nitrogen and oxygen atoms in total. The Labute approximate surface area is 116 Å². The molecule has 0 saturated heterocycles. The summed E-state index contributed by atoms with van der Waals surface area (Å²) < 4.78 is 13.3. The lowest BCUT2D eigenvalue weighted by atomic mass is 10.0. The molecule has 0 aromatic heterocycles. The molecular formula is C15H17FN2O2. The van der Waals surface area contributed by atoms with Gasteiger partial charge in [0.05, 0.1) is 12.7 Å². The van der Waals surface area contributed by atoms with Crippen molar-refractivity contribution in [3.05, 3.63) is 48.3 Å². The van der Waals surface area contributed by atoms with Gasteiger partial charge >= 0.3 is 0 Å². The normalized spacial score (nSPS) is 12.2. The van der Waals surface area contributed by atoms with Gasteiger partial charge in [-0.15, -0.1) is 0 Å². The molecule has 0 bridgehead atoms. The Kier molecular flexibility index (Phi) is 4.55. The Balaban J connectivity index is 2.33. The van der Waals surface area contributed by atoms with Crippen molar-refractivity contribution in [1.82, 2.24) is 0 Å². The van der Waals surface area contributed by atoms with E-state index in [1.54, 1.807) is 30.3 Å². The van der Waals surface area contributed by atoms with Crippen LogP contribution in [0.3, 0.4) is 0 Å². The molecule has 5 heteroatoms. The Bertz CT molecular complexity index is 590. The van der Waals surface area contributed by atoms with Gasteiger partial charge in [-0.25, -0.2) is 4.39 Å². The number of aliphatic hydroxyl groups is 2. The molecule has 0 heterocycles. The van der Waals surface area contributed by atoms with Gasteiger partial charge in [0.2, 0.25) is 0 Å². The first kappa shape index (κ1) is 14.3. The van der Waals surface area contributed by atoms with Gasteiger partial charge in [0.1, 0.15) is 5.82 Å². The van der Waals surface area contributed by atoms with E-state index < -0.39 is 6.10 Å². The van der Waals surface area contributed by atoms with E-state index in [0.717, 1.165) is 11.3 Å². The zero-order chi connectivity index (χ0) is 14.5. The number of nitrogens with one attached hydrogen (secondary N) is 1. The molecule has 0 aliphatic heterocycles. The summed E-state index contributed by atoms with van der Waals surface area (Å²) in [6.07, 6.45) is -0.854. The number of nitrogens with two attached hydrogens (primary N) is 1. The number of hydrogen-bond acceptors (Lipinski definition) is 4. The Hall–Kier alpha value is -2.11. The van der Waals surface area contributed by atoms with Crippen LogP contribution in [-0.4, -0.2) is 29.5 Å². The van der Waals surface area contributed by atoms with Crippen molar-refractivity contribution in [2.45, 2.75) is 6.10 Å². The first-order valence-corrected chi connectivity index (χ1v) is 6.28. The zero-order valence-corrected chi connectivity index (χ0v) is 10.9. The fourth-order valence-corrected chi connectivity index (χ4v) is 1.90. The smallest absolute Gasteiger partial charge is 0.123 e. The molecular weight excluding hydrogens is 259 g/mol. The third-order valence-electron chi connectivity index (χ3n) is 2.92. The Morgan fingerprint density at radius 2 is 2.00 bits per heavy atom. The fraction of sp³-hybridized carbons (Fsp3) is 0.200. The van der Waals surface area contributed by atoms with E-state index in [0.29, 0.717) is 11.3 Å². The maximum atomic E-state index is 13.3. The average Bonchev–Trinajstić information content (AvgIpc) is 2.45. The van der Waals surface area contributed by atoms with Crippen molar-refractivity contribution in [3.63, 3.8) is 0 Å². The Morgan fingerprint density at radius 3 is 2.70 bits per heavy atom. The average molecular weight is 276 g/mol. The maximum Gasteiger partial charge on any atom is 0.123 e. The number of benzene rings is 2. The van der Waals surface area contributed by atoms with E-state index in [2.05, 4.69) is 5.32 Å². The second-order valence-electron chi connectivity index (χ2n) is 4.53. The molecule has 2 aromatic carbocycles. The van der Waals surface area contributed by atoms with Crippen LogP contribution in [0, 0.1) is 5.82 Å². The molecule has 20 heavy (non-hydrogen) atoms. The summed E-state index contributed by atoms with van der Waals surface area (Å²) in [6.45, 7) is -0.125. The fourth-order valence-electron chi connectivity index (χ4n) is 1.90. The molecule has 5 N–H and O–H groups in total. The van der Waals surface area contributed by atoms with Gasteiger partial charge in [-0.3, -0.25) is 0 Å². The van der Waals surface area contributed by atoms with Gasteiger partial charge in [-0.2, -0.15) is 0 Å². The highest BCUT2D eigenvalue weighted by Crippen LogP contribution is 2.30. The minimum atomic E-state index is -0.854. The summed E-state index contributed by atoms with van der Waals surface area (Å²) in [5.41, 5.74) is 8.50. The summed E-state index contributed by atoms with van der Waals surface area (Å²) in [7, 11) is 0. The van der Waals surface area contributed by atoms with Crippen molar-refractivity contribution >= 4 is 11.4 Å². The van der Waals surface area contributed by atoms with Crippen LogP contribution in [0.5, 0.6) is 0 Å². The maximum absolute atomic E-state index is 13.3. The molecule has 0 aliphatic rings. The van der Waals surface area contributed by atoms with Gasteiger partial charge in [0.15, 0.2) is 0 Å². The van der Waals surface area contributed by atoms with Crippen molar-refractivity contribution in [2.75, 3.05) is 24.2 Å². The molecule has 0 amide bonds. The lowest BCUT2D eigenvalue weighted by Gasteiger charge is -2.15. The number of aliphatic hydroxyl groups excluding tert-OH is 2. The Morgan fingerprint density at radius 1 is 1.20 bits per heavy atom. The topological polar surface area (TPSA) is 78.5 Å². The monoisotopic (exact) mass is 276 g/mol. The summed E-state index contributed by atoms with van der Waals surface area (Å²) in [5, 5.41) is 21.2. The van der Waals surface area contributed by atoms with Crippen molar-refractivity contribution < 1.29 is 14.6 Å². The van der Waals surface area contributed by atoms with Gasteiger partial charge in [0.25, 0.3) is 0 Å². The lowest BCUT2D eigenvalue weighted by Crippen LogP contribution is -2.23. The number of halogens is 1. The second kappa shape index (κ2) is 6.36. The standard InChI is InChI=1S/C15H17FN2O2/c16-11-3-1-2-10(6-11)14-7-12(17)4-5-15(14)18-8-13(20)9-19/h1-7,13,18-20H,8-9,17H2. The molecule has 2 aromatic rings. The quantitative estimate of drug-likeness (QED) is 0.628. The molecule has 1 unspecified atom stereocenters. The van der Waals surface area contributed by atoms with Crippen LogP contribution in [0.2, 0.25) is 0 Å². The van der Waals surface area contributed by atoms with Crippen molar-refractivity contribution in [2.24, 2.45) is 0 Å². The largest absolute Gasteiger partial charge is 0.399 e. The van der Waals surface area contributed by atoms with E-state index in [1.165, 1.54) is 12.1 Å². The minimum absolute atomic E-state index is 0.197. The minimum Gasteiger partial charge on any atom is -0.399 e. The van der Waals surface area contributed by atoms with Crippen LogP contribution in [-0.2, 0) is 0 Å². The molecule has 0 saturated carbocycles. The van der Waals surface area contributed by atoms with E-state index in [1.807, 2.05) is 0 Å². The summed E-state index contributed by atoms with van der Waals surface area (Å²) in [4.78, 5) is 0. The highest BCUT2D eigenvalue weighted by molar-refractivity contribution is 5.80. The zero-order valence-electron chi connectivity index (χ0n) is 10.9. The molecule has 0 radical (unpaired) electrons. The molecule has 2 rings (SSSR count). The number of nitrogen functional groups attached to an aromatic ring is 1. The molecule has 0 spiro atoms. The first-order chi connectivity index (χ1) is 9.60. The molecule has 0 aliphatic carbocycles. The second-order valence-corrected chi connectivity index (χ2v) is 4.53. The van der Waals surface area contributed by atoms with Crippen LogP contribution in [0.4, 0.5) is 15.8 Å². The van der Waals surface area contributed by atoms with Gasteiger partial charge in [-0.05, 0) is 35.9 Å². The summed E-state index contributed by atoms with van der Waals surface area (Å²) in [6, 6.07) is 11.4. The van der Waals surface area contributed by atoms with Crippen molar-refractivity contribution in [1.29, 1.82) is 0 Å². The molecule has 0 fully saturated rings. The van der Waals surface area contributed by atoms with Gasteiger partial charge in [-0.1, -0.05) is 12.1 Å². The third kappa shape index (κ3) is 3.46. The molecule has 1 atom stereocenters. The number of anilines is 2. The van der Waals surface area contributed by atoms with E-state index in [4.69, 9.17) is 10.8 Å². The van der Waals surface area contributed by atoms with Gasteiger partial charge < -0.3 is 21.3 Å². The van der Waals surface area contributed by atoms with Crippen LogP contribution < -0.4 is 11.1 Å². The van der Waals surface area contributed by atoms with Crippen LogP contribution in [0.1, 0.15) is 0 Å².